The van der Waals surface area contributed by atoms with E-state index in [9.17, 15) is 13.9 Å². The molecular weight excluding hydrogens is 318 g/mol. The SMILES string of the molecule is Oc1c(Br)cc(C=NNc2ccccc2)c(F)c1F. The highest BCUT2D eigenvalue weighted by molar-refractivity contribution is 9.10. The van der Waals surface area contributed by atoms with Crippen LogP contribution in [0.3, 0.4) is 0 Å². The van der Waals surface area contributed by atoms with E-state index in [1.54, 1.807) is 12.1 Å². The molecule has 6 heteroatoms. The fraction of sp³-hybridized carbons (Fsp3) is 0. The predicted molar refractivity (Wildman–Crippen MR) is 73.4 cm³/mol. The molecule has 3 nitrogen and oxygen atoms in total. The number of nitrogens with one attached hydrogen (secondary N) is 1. The standard InChI is InChI=1S/C13H9BrF2N2O/c14-10-6-8(11(15)12(16)13(10)19)7-17-18-9-4-2-1-3-5-9/h1-7,18-19H. The highest BCUT2D eigenvalue weighted by atomic mass is 79.9. The molecule has 0 saturated carbocycles. The Labute approximate surface area is 116 Å². The number of benzene rings is 2. The molecule has 2 aromatic rings. The topological polar surface area (TPSA) is 44.6 Å². The molecule has 0 unspecified atom stereocenters. The van der Waals surface area contributed by atoms with Gasteiger partial charge in [0.15, 0.2) is 11.6 Å². The largest absolute Gasteiger partial charge is 0.504 e. The van der Waals surface area contributed by atoms with Crippen molar-refractivity contribution in [3.05, 3.63) is 58.1 Å². The van der Waals surface area contributed by atoms with Gasteiger partial charge in [-0.2, -0.15) is 9.49 Å². The Kier molecular flexibility index (Phi) is 4.11. The van der Waals surface area contributed by atoms with Crippen molar-refractivity contribution in [1.29, 1.82) is 0 Å². The van der Waals surface area contributed by atoms with E-state index in [2.05, 4.69) is 26.5 Å². The molecule has 0 radical (unpaired) electrons. The van der Waals surface area contributed by atoms with Gasteiger partial charge in [0.25, 0.3) is 0 Å². The van der Waals surface area contributed by atoms with Gasteiger partial charge in [0.05, 0.1) is 16.4 Å². The number of rotatable bonds is 3. The van der Waals surface area contributed by atoms with Crippen LogP contribution >= 0.6 is 15.9 Å². The summed E-state index contributed by atoms with van der Waals surface area (Å²) in [6.45, 7) is 0. The quantitative estimate of drug-likeness (QED) is 0.510. The summed E-state index contributed by atoms with van der Waals surface area (Å²) < 4.78 is 26.8. The summed E-state index contributed by atoms with van der Waals surface area (Å²) in [5, 5.41) is 13.0. The Bertz CT molecular complexity index is 618. The molecule has 0 aliphatic rings. The molecule has 0 spiro atoms. The first-order valence-electron chi connectivity index (χ1n) is 5.30. The van der Waals surface area contributed by atoms with Crippen molar-refractivity contribution in [2.24, 2.45) is 5.10 Å². The Balaban J connectivity index is 2.20. The van der Waals surface area contributed by atoms with Crippen molar-refractivity contribution in [2.75, 3.05) is 5.43 Å². The lowest BCUT2D eigenvalue weighted by Gasteiger charge is -2.03. The number of halogens is 3. The maximum Gasteiger partial charge on any atom is 0.202 e. The number of hydrogen-bond donors (Lipinski definition) is 2. The molecule has 2 aromatic carbocycles. The summed E-state index contributed by atoms with van der Waals surface area (Å²) in [5.74, 6) is -3.22. The summed E-state index contributed by atoms with van der Waals surface area (Å²) in [7, 11) is 0. The molecule has 98 valence electrons. The van der Waals surface area contributed by atoms with Crippen LogP contribution in [0.1, 0.15) is 5.56 Å². The van der Waals surface area contributed by atoms with Gasteiger partial charge < -0.3 is 5.11 Å². The van der Waals surface area contributed by atoms with Gasteiger partial charge in [-0.1, -0.05) is 18.2 Å². The lowest BCUT2D eigenvalue weighted by atomic mass is 10.2. The third-order valence-corrected chi connectivity index (χ3v) is 2.94. The second-order valence-corrected chi connectivity index (χ2v) is 4.51. The van der Waals surface area contributed by atoms with Gasteiger partial charge in [-0.05, 0) is 34.1 Å². The molecule has 0 fully saturated rings. The van der Waals surface area contributed by atoms with E-state index in [1.165, 1.54) is 6.07 Å². The van der Waals surface area contributed by atoms with Gasteiger partial charge in [0.2, 0.25) is 5.82 Å². The van der Waals surface area contributed by atoms with E-state index < -0.39 is 17.4 Å². The zero-order valence-corrected chi connectivity index (χ0v) is 11.2. The molecular formula is C13H9BrF2N2O. The molecule has 2 rings (SSSR count). The average molecular weight is 327 g/mol. The first-order chi connectivity index (χ1) is 9.09. The smallest absolute Gasteiger partial charge is 0.202 e. The molecule has 0 aromatic heterocycles. The Hall–Kier alpha value is -1.95. The van der Waals surface area contributed by atoms with Gasteiger partial charge in [-0.25, -0.2) is 4.39 Å². The lowest BCUT2D eigenvalue weighted by Crippen LogP contribution is -1.97. The van der Waals surface area contributed by atoms with Crippen LogP contribution in [0.25, 0.3) is 0 Å². The van der Waals surface area contributed by atoms with E-state index in [0.717, 1.165) is 11.9 Å². The van der Waals surface area contributed by atoms with E-state index in [0.29, 0.717) is 0 Å². The number of anilines is 1. The van der Waals surface area contributed by atoms with Gasteiger partial charge >= 0.3 is 0 Å². The van der Waals surface area contributed by atoms with Crippen LogP contribution in [0.5, 0.6) is 5.75 Å². The van der Waals surface area contributed by atoms with Crippen molar-refractivity contribution >= 4 is 27.8 Å². The Morgan fingerprint density at radius 3 is 2.53 bits per heavy atom. The first kappa shape index (κ1) is 13.5. The molecule has 0 heterocycles. The van der Waals surface area contributed by atoms with Crippen molar-refractivity contribution in [3.8, 4) is 5.75 Å². The fourth-order valence-corrected chi connectivity index (χ4v) is 1.81. The van der Waals surface area contributed by atoms with Crippen molar-refractivity contribution < 1.29 is 13.9 Å². The van der Waals surface area contributed by atoms with E-state index >= 15 is 0 Å². The number of phenolic OH excluding ortho intramolecular Hbond substituents is 1. The summed E-state index contributed by atoms with van der Waals surface area (Å²) in [4.78, 5) is 0. The lowest BCUT2D eigenvalue weighted by molar-refractivity contribution is 0.404. The zero-order valence-electron chi connectivity index (χ0n) is 9.57. The van der Waals surface area contributed by atoms with Crippen LogP contribution < -0.4 is 5.43 Å². The zero-order chi connectivity index (χ0) is 13.8. The molecule has 0 bridgehead atoms. The predicted octanol–water partition coefficient (Wildman–Crippen LogP) is 3.88. The highest BCUT2D eigenvalue weighted by Crippen LogP contribution is 2.30. The second-order valence-electron chi connectivity index (χ2n) is 3.66. The van der Waals surface area contributed by atoms with Gasteiger partial charge in [-0.15, -0.1) is 0 Å². The number of nitrogens with zero attached hydrogens (tertiary/aromatic N) is 1. The van der Waals surface area contributed by atoms with Crippen LogP contribution in [0.15, 0.2) is 46.0 Å². The number of hydrogen-bond acceptors (Lipinski definition) is 3. The number of para-hydroxylation sites is 1. The maximum absolute atomic E-state index is 13.5. The second kappa shape index (κ2) is 5.79. The molecule has 0 aliphatic heterocycles. The van der Waals surface area contributed by atoms with Crippen molar-refractivity contribution in [1.82, 2.24) is 0 Å². The summed E-state index contributed by atoms with van der Waals surface area (Å²) >= 11 is 2.93. The molecule has 0 amide bonds. The average Bonchev–Trinajstić information content (AvgIpc) is 2.43. The van der Waals surface area contributed by atoms with Gasteiger partial charge in [0, 0.05) is 5.56 Å². The van der Waals surface area contributed by atoms with Crippen LogP contribution in [-0.2, 0) is 0 Å². The van der Waals surface area contributed by atoms with Crippen molar-refractivity contribution in [2.45, 2.75) is 0 Å². The van der Waals surface area contributed by atoms with Crippen LogP contribution in [0.4, 0.5) is 14.5 Å². The first-order valence-corrected chi connectivity index (χ1v) is 6.09. The normalized spacial score (nSPS) is 10.9. The number of phenols is 1. The highest BCUT2D eigenvalue weighted by Gasteiger charge is 2.15. The Morgan fingerprint density at radius 1 is 1.16 bits per heavy atom. The summed E-state index contributed by atoms with van der Waals surface area (Å²) in [6, 6.07) is 10.3. The van der Waals surface area contributed by atoms with Crippen LogP contribution in [0, 0.1) is 11.6 Å². The van der Waals surface area contributed by atoms with Gasteiger partial charge in [0.1, 0.15) is 0 Å². The fourth-order valence-electron chi connectivity index (χ4n) is 1.39. The summed E-state index contributed by atoms with van der Waals surface area (Å²) in [6.07, 6.45) is 1.13. The number of hydrazone groups is 1. The molecule has 19 heavy (non-hydrogen) atoms. The summed E-state index contributed by atoms with van der Waals surface area (Å²) in [5.41, 5.74) is 3.32. The van der Waals surface area contributed by atoms with Gasteiger partial charge in [-0.3, -0.25) is 5.43 Å². The minimum Gasteiger partial charge on any atom is -0.504 e. The molecule has 0 atom stereocenters. The minimum absolute atomic E-state index is 0.0626. The number of aromatic hydroxyl groups is 1. The van der Waals surface area contributed by atoms with Crippen LogP contribution in [-0.4, -0.2) is 11.3 Å². The van der Waals surface area contributed by atoms with Crippen molar-refractivity contribution in [3.63, 3.8) is 0 Å². The molecule has 0 aliphatic carbocycles. The third kappa shape index (κ3) is 3.08. The molecule has 0 saturated heterocycles. The van der Waals surface area contributed by atoms with E-state index in [1.807, 2.05) is 18.2 Å². The molecule has 2 N–H and O–H groups in total. The van der Waals surface area contributed by atoms with Crippen LogP contribution in [0.2, 0.25) is 0 Å². The monoisotopic (exact) mass is 326 g/mol. The Morgan fingerprint density at radius 2 is 1.84 bits per heavy atom. The van der Waals surface area contributed by atoms with E-state index in [-0.39, 0.29) is 10.0 Å². The third-order valence-electron chi connectivity index (χ3n) is 2.33. The minimum atomic E-state index is -1.31. The van der Waals surface area contributed by atoms with E-state index in [4.69, 9.17) is 0 Å². The maximum atomic E-state index is 13.5.